The van der Waals surface area contributed by atoms with Crippen LogP contribution in [0.15, 0.2) is 24.3 Å². The Morgan fingerprint density at radius 2 is 1.93 bits per heavy atom. The second kappa shape index (κ2) is 7.89. The van der Waals surface area contributed by atoms with E-state index in [1.165, 1.54) is 17.4 Å². The van der Waals surface area contributed by atoms with Crippen LogP contribution in [0, 0.1) is 0 Å². The van der Waals surface area contributed by atoms with Gasteiger partial charge in [0.25, 0.3) is 0 Å². The number of carbonyl (C=O) groups excluding carboxylic acids is 1. The Bertz CT molecular complexity index is 783. The Morgan fingerprint density at radius 1 is 1.26 bits per heavy atom. The lowest BCUT2D eigenvalue weighted by atomic mass is 9.73. The summed E-state index contributed by atoms with van der Waals surface area (Å²) in [4.78, 5) is 14.5. The van der Waals surface area contributed by atoms with E-state index in [1.54, 1.807) is 4.31 Å². The Labute approximate surface area is 163 Å². The normalized spacial score (nSPS) is 22.1. The quantitative estimate of drug-likeness (QED) is 0.796. The van der Waals surface area contributed by atoms with E-state index in [1.807, 2.05) is 20.2 Å². The third-order valence-corrected chi connectivity index (χ3v) is 7.37. The summed E-state index contributed by atoms with van der Waals surface area (Å²) in [6, 6.07) is 8.42. The van der Waals surface area contributed by atoms with Crippen LogP contribution in [-0.2, 0) is 20.2 Å². The van der Waals surface area contributed by atoms with Crippen LogP contribution in [0.25, 0.3) is 0 Å². The molecule has 0 bridgehead atoms. The van der Waals surface area contributed by atoms with E-state index in [0.717, 1.165) is 25.8 Å². The number of piperidine rings is 1. The summed E-state index contributed by atoms with van der Waals surface area (Å²) >= 11 is 0. The summed E-state index contributed by atoms with van der Waals surface area (Å²) < 4.78 is 25.3. The molecule has 1 aliphatic heterocycles. The maximum absolute atomic E-state index is 12.4. The van der Waals surface area contributed by atoms with Crippen molar-refractivity contribution in [2.75, 3.05) is 46.5 Å². The van der Waals surface area contributed by atoms with E-state index in [4.69, 9.17) is 0 Å². The highest BCUT2D eigenvalue weighted by atomic mass is 32.2. The Morgan fingerprint density at radius 3 is 2.56 bits per heavy atom. The number of benzene rings is 1. The topological polar surface area (TPSA) is 69.7 Å². The molecule has 2 aliphatic rings. The second-order valence-corrected chi connectivity index (χ2v) is 10.3. The first-order valence-electron chi connectivity index (χ1n) is 9.67. The Balaban J connectivity index is 1.70. The van der Waals surface area contributed by atoms with Crippen molar-refractivity contribution in [1.82, 2.24) is 14.5 Å². The van der Waals surface area contributed by atoms with Crippen molar-refractivity contribution in [3.8, 4) is 0 Å². The number of rotatable bonds is 6. The van der Waals surface area contributed by atoms with Crippen LogP contribution < -0.4 is 5.32 Å². The molecule has 1 unspecified atom stereocenters. The highest BCUT2D eigenvalue weighted by molar-refractivity contribution is 7.88. The molecule has 1 aliphatic carbocycles. The first kappa shape index (κ1) is 20.3. The van der Waals surface area contributed by atoms with Gasteiger partial charge in [0.1, 0.15) is 0 Å². The zero-order chi connectivity index (χ0) is 19.7. The van der Waals surface area contributed by atoms with Gasteiger partial charge in [0, 0.05) is 32.6 Å². The smallest absolute Gasteiger partial charge is 0.220 e. The van der Waals surface area contributed by atoms with Gasteiger partial charge in [-0.2, -0.15) is 0 Å². The van der Waals surface area contributed by atoms with Crippen LogP contribution in [-0.4, -0.2) is 70.1 Å². The summed E-state index contributed by atoms with van der Waals surface area (Å²) in [6.45, 7) is 2.62. The number of amides is 1. The number of likely N-dealkylation sites (N-methyl/N-ethyl adjacent to an activating group) is 1. The molecule has 1 amide bonds. The number of hydrogen-bond donors (Lipinski definition) is 1. The number of carbonyl (C=O) groups is 1. The first-order valence-corrected chi connectivity index (χ1v) is 11.5. The zero-order valence-electron chi connectivity index (χ0n) is 16.6. The highest BCUT2D eigenvalue weighted by Gasteiger charge is 2.46. The molecule has 1 aromatic carbocycles. The fourth-order valence-corrected chi connectivity index (χ4v) is 5.49. The van der Waals surface area contributed by atoms with E-state index in [2.05, 4.69) is 28.4 Å². The van der Waals surface area contributed by atoms with Crippen LogP contribution in [0.5, 0.6) is 0 Å². The summed E-state index contributed by atoms with van der Waals surface area (Å²) in [7, 11) is 0.850. The van der Waals surface area contributed by atoms with E-state index in [9.17, 15) is 13.2 Å². The summed E-state index contributed by atoms with van der Waals surface area (Å²) in [5.74, 6) is 0.313. The maximum atomic E-state index is 12.4. The van der Waals surface area contributed by atoms with Gasteiger partial charge in [-0.05, 0) is 55.8 Å². The fourth-order valence-electron chi connectivity index (χ4n) is 4.64. The number of nitrogens with one attached hydrogen (secondary N) is 1. The van der Waals surface area contributed by atoms with Crippen molar-refractivity contribution in [3.05, 3.63) is 35.4 Å². The molecule has 6 nitrogen and oxygen atoms in total. The fraction of sp³-hybridized carbons (Fsp3) is 0.650. The van der Waals surface area contributed by atoms with Crippen molar-refractivity contribution in [2.24, 2.45) is 0 Å². The number of hydrogen-bond acceptors (Lipinski definition) is 4. The number of fused-ring (bicyclic) bond motifs is 2. The molecule has 1 aromatic rings. The lowest BCUT2D eigenvalue weighted by Crippen LogP contribution is -2.44. The van der Waals surface area contributed by atoms with E-state index in [0.29, 0.717) is 26.1 Å². The molecule has 150 valence electrons. The summed E-state index contributed by atoms with van der Waals surface area (Å²) in [5.41, 5.74) is 2.60. The molecule has 1 atom stereocenters. The van der Waals surface area contributed by atoms with Crippen LogP contribution >= 0.6 is 0 Å². The lowest BCUT2D eigenvalue weighted by Gasteiger charge is -2.39. The first-order chi connectivity index (χ1) is 12.7. The van der Waals surface area contributed by atoms with Gasteiger partial charge in [0.05, 0.1) is 6.26 Å². The van der Waals surface area contributed by atoms with Gasteiger partial charge >= 0.3 is 0 Å². The van der Waals surface area contributed by atoms with Crippen LogP contribution in [0.3, 0.4) is 0 Å². The van der Waals surface area contributed by atoms with Gasteiger partial charge in [0.2, 0.25) is 15.9 Å². The van der Waals surface area contributed by atoms with Gasteiger partial charge in [0.15, 0.2) is 0 Å². The van der Waals surface area contributed by atoms with Crippen molar-refractivity contribution in [1.29, 1.82) is 0 Å². The summed E-state index contributed by atoms with van der Waals surface area (Å²) in [5, 5.41) is 3.02. The van der Waals surface area contributed by atoms with Crippen LogP contribution in [0.1, 0.15) is 42.7 Å². The predicted octanol–water partition coefficient (Wildman–Crippen LogP) is 1.54. The standard InChI is InChI=1S/C20H31N3O3S/c1-22(2)13-10-21-19(24)14-16-15-20(18-7-5-4-6-17(16)18)8-11-23(12-9-20)27(3,25)26/h4-7,16H,8-15H2,1-3H3,(H,21,24). The van der Waals surface area contributed by atoms with Crippen molar-refractivity contribution < 1.29 is 13.2 Å². The van der Waals surface area contributed by atoms with Gasteiger partial charge in [-0.3, -0.25) is 4.79 Å². The molecule has 7 heteroatoms. The molecule has 0 radical (unpaired) electrons. The second-order valence-electron chi connectivity index (χ2n) is 8.29. The van der Waals surface area contributed by atoms with Crippen molar-refractivity contribution in [2.45, 2.75) is 37.0 Å². The molecule has 1 fully saturated rings. The third kappa shape index (κ3) is 4.52. The predicted molar refractivity (Wildman–Crippen MR) is 107 cm³/mol. The molecular weight excluding hydrogens is 362 g/mol. The molecule has 3 rings (SSSR count). The molecule has 0 saturated carbocycles. The average Bonchev–Trinajstić information content (AvgIpc) is 2.88. The van der Waals surface area contributed by atoms with E-state index in [-0.39, 0.29) is 17.2 Å². The van der Waals surface area contributed by atoms with Crippen molar-refractivity contribution >= 4 is 15.9 Å². The highest BCUT2D eigenvalue weighted by Crippen LogP contribution is 2.52. The minimum atomic E-state index is -3.13. The zero-order valence-corrected chi connectivity index (χ0v) is 17.4. The molecule has 27 heavy (non-hydrogen) atoms. The number of nitrogens with zero attached hydrogens (tertiary/aromatic N) is 2. The Kier molecular flexibility index (Phi) is 5.93. The van der Waals surface area contributed by atoms with Gasteiger partial charge < -0.3 is 10.2 Å². The SMILES string of the molecule is CN(C)CCNC(=O)CC1CC2(CCN(S(C)(=O)=O)CC2)c2ccccc21. The average molecular weight is 394 g/mol. The Hall–Kier alpha value is -1.44. The van der Waals surface area contributed by atoms with Gasteiger partial charge in [-0.15, -0.1) is 0 Å². The van der Waals surface area contributed by atoms with Crippen molar-refractivity contribution in [3.63, 3.8) is 0 Å². The number of sulfonamides is 1. The minimum Gasteiger partial charge on any atom is -0.355 e. The maximum Gasteiger partial charge on any atom is 0.220 e. The third-order valence-electron chi connectivity index (χ3n) is 6.07. The van der Waals surface area contributed by atoms with Gasteiger partial charge in [-0.1, -0.05) is 24.3 Å². The molecular formula is C20H31N3O3S. The minimum absolute atomic E-state index is 0.00632. The van der Waals surface area contributed by atoms with Crippen LogP contribution in [0.4, 0.5) is 0 Å². The molecule has 0 aromatic heterocycles. The molecule has 1 saturated heterocycles. The lowest BCUT2D eigenvalue weighted by molar-refractivity contribution is -0.121. The summed E-state index contributed by atoms with van der Waals surface area (Å²) in [6.07, 6.45) is 4.38. The molecule has 1 heterocycles. The largest absolute Gasteiger partial charge is 0.355 e. The van der Waals surface area contributed by atoms with Gasteiger partial charge in [-0.25, -0.2) is 12.7 Å². The van der Waals surface area contributed by atoms with Crippen LogP contribution in [0.2, 0.25) is 0 Å². The monoisotopic (exact) mass is 393 g/mol. The molecule has 1 spiro atoms. The van der Waals surface area contributed by atoms with E-state index >= 15 is 0 Å². The van der Waals surface area contributed by atoms with E-state index < -0.39 is 10.0 Å². The molecule has 1 N–H and O–H groups in total.